The molecule has 4 heteroatoms. The van der Waals surface area contributed by atoms with Crippen molar-refractivity contribution in [1.82, 2.24) is 0 Å². The van der Waals surface area contributed by atoms with Gasteiger partial charge in [0.25, 0.3) is 0 Å². The van der Waals surface area contributed by atoms with Crippen LogP contribution in [0.25, 0.3) is 11.1 Å². The second kappa shape index (κ2) is 4.90. The number of aryl methyl sites for hydroxylation is 2. The molecule has 0 radical (unpaired) electrons. The molecule has 0 bridgehead atoms. The van der Waals surface area contributed by atoms with E-state index in [1.807, 2.05) is 19.2 Å². The third-order valence-corrected chi connectivity index (χ3v) is 3.89. The average Bonchev–Trinajstić information content (AvgIpc) is 2.73. The van der Waals surface area contributed by atoms with Gasteiger partial charge in [0.05, 0.1) is 7.11 Å². The first-order chi connectivity index (χ1) is 8.54. The quantitative estimate of drug-likeness (QED) is 0.767. The molecule has 0 unspecified atom stereocenters. The molecular weight excluding hydrogens is 251 g/mol. The molecule has 2 nitrogen and oxygen atoms in total. The van der Waals surface area contributed by atoms with E-state index in [0.29, 0.717) is 4.88 Å². The van der Waals surface area contributed by atoms with Crippen LogP contribution in [0, 0.1) is 19.7 Å². The minimum atomic E-state index is -0.383. The number of benzene rings is 1. The van der Waals surface area contributed by atoms with Crippen LogP contribution in [0.5, 0.6) is 0 Å². The summed E-state index contributed by atoms with van der Waals surface area (Å²) in [5.74, 6) is -0.691. The molecule has 1 heterocycles. The number of hydrogen-bond acceptors (Lipinski definition) is 3. The van der Waals surface area contributed by atoms with E-state index < -0.39 is 0 Å². The summed E-state index contributed by atoms with van der Waals surface area (Å²) in [6.45, 7) is 3.80. The van der Waals surface area contributed by atoms with Crippen LogP contribution in [-0.4, -0.2) is 13.1 Å². The van der Waals surface area contributed by atoms with Crippen molar-refractivity contribution < 1.29 is 13.9 Å². The highest BCUT2D eigenvalue weighted by molar-refractivity contribution is 7.12. The number of ether oxygens (including phenoxy) is 1. The lowest BCUT2D eigenvalue weighted by Gasteiger charge is -2.08. The minimum Gasteiger partial charge on any atom is -0.465 e. The molecule has 0 aliphatic carbocycles. The summed E-state index contributed by atoms with van der Waals surface area (Å²) < 4.78 is 18.1. The summed E-state index contributed by atoms with van der Waals surface area (Å²) in [7, 11) is 1.35. The zero-order valence-electron chi connectivity index (χ0n) is 10.4. The Balaban J connectivity index is 2.66. The van der Waals surface area contributed by atoms with E-state index in [1.165, 1.54) is 30.6 Å². The maximum Gasteiger partial charge on any atom is 0.348 e. The van der Waals surface area contributed by atoms with Gasteiger partial charge in [-0.2, -0.15) is 0 Å². The highest BCUT2D eigenvalue weighted by Gasteiger charge is 2.19. The molecule has 0 saturated heterocycles. The molecule has 0 fully saturated rings. The van der Waals surface area contributed by atoms with Crippen LogP contribution in [0.15, 0.2) is 23.6 Å². The van der Waals surface area contributed by atoms with E-state index in [0.717, 1.165) is 22.3 Å². The van der Waals surface area contributed by atoms with Gasteiger partial charge in [0.1, 0.15) is 10.7 Å². The van der Waals surface area contributed by atoms with Crippen LogP contribution in [0.2, 0.25) is 0 Å². The van der Waals surface area contributed by atoms with Crippen LogP contribution in [0.3, 0.4) is 0 Å². The number of methoxy groups -OCH3 is 1. The normalized spacial score (nSPS) is 10.4. The molecule has 0 atom stereocenters. The largest absolute Gasteiger partial charge is 0.465 e. The molecule has 2 aromatic rings. The van der Waals surface area contributed by atoms with Crippen molar-refractivity contribution in [3.05, 3.63) is 45.4 Å². The van der Waals surface area contributed by atoms with E-state index in [-0.39, 0.29) is 11.8 Å². The molecule has 1 aromatic carbocycles. The first-order valence-corrected chi connectivity index (χ1v) is 6.35. The summed E-state index contributed by atoms with van der Waals surface area (Å²) in [5, 5.41) is 1.88. The highest BCUT2D eigenvalue weighted by Crippen LogP contribution is 2.35. The number of thiophene rings is 1. The summed E-state index contributed by atoms with van der Waals surface area (Å²) in [5.41, 5.74) is 3.40. The van der Waals surface area contributed by atoms with Crippen molar-refractivity contribution >= 4 is 17.3 Å². The number of carbonyl (C=O) groups is 1. The van der Waals surface area contributed by atoms with Crippen molar-refractivity contribution in [2.24, 2.45) is 0 Å². The monoisotopic (exact) mass is 264 g/mol. The number of esters is 1. The Hall–Kier alpha value is -1.68. The first-order valence-electron chi connectivity index (χ1n) is 5.47. The van der Waals surface area contributed by atoms with Crippen molar-refractivity contribution in [2.45, 2.75) is 13.8 Å². The fourth-order valence-corrected chi connectivity index (χ4v) is 2.87. The Kier molecular flexibility index (Phi) is 3.48. The van der Waals surface area contributed by atoms with Crippen molar-refractivity contribution in [3.8, 4) is 11.1 Å². The van der Waals surface area contributed by atoms with Crippen molar-refractivity contribution in [3.63, 3.8) is 0 Å². The second-order valence-corrected chi connectivity index (χ2v) is 4.95. The van der Waals surface area contributed by atoms with Crippen LogP contribution < -0.4 is 0 Å². The maximum absolute atomic E-state index is 13.4. The summed E-state index contributed by atoms with van der Waals surface area (Å²) in [6.07, 6.45) is 0. The predicted molar refractivity (Wildman–Crippen MR) is 70.5 cm³/mol. The average molecular weight is 264 g/mol. The smallest absolute Gasteiger partial charge is 0.348 e. The van der Waals surface area contributed by atoms with Crippen LogP contribution >= 0.6 is 11.3 Å². The number of hydrogen-bond donors (Lipinski definition) is 0. The summed E-state index contributed by atoms with van der Waals surface area (Å²) >= 11 is 1.32. The van der Waals surface area contributed by atoms with E-state index in [9.17, 15) is 9.18 Å². The Morgan fingerprint density at radius 3 is 2.67 bits per heavy atom. The number of rotatable bonds is 2. The van der Waals surface area contributed by atoms with Crippen LogP contribution in [0.1, 0.15) is 20.8 Å². The first kappa shape index (κ1) is 12.8. The highest BCUT2D eigenvalue weighted by atomic mass is 32.1. The Morgan fingerprint density at radius 2 is 2.00 bits per heavy atom. The lowest BCUT2D eigenvalue weighted by atomic mass is 9.98. The van der Waals surface area contributed by atoms with Gasteiger partial charge < -0.3 is 4.74 Å². The van der Waals surface area contributed by atoms with Crippen LogP contribution in [-0.2, 0) is 4.74 Å². The van der Waals surface area contributed by atoms with Gasteiger partial charge in [-0.3, -0.25) is 0 Å². The Bertz CT molecular complexity index is 602. The maximum atomic E-state index is 13.4. The molecule has 0 spiro atoms. The molecule has 2 rings (SSSR count). The molecule has 0 aliphatic rings. The van der Waals surface area contributed by atoms with Gasteiger partial charge in [0.2, 0.25) is 0 Å². The lowest BCUT2D eigenvalue weighted by Crippen LogP contribution is -2.01. The summed E-state index contributed by atoms with van der Waals surface area (Å²) in [6, 6.07) is 4.58. The van der Waals surface area contributed by atoms with Crippen molar-refractivity contribution in [1.29, 1.82) is 0 Å². The fraction of sp³-hybridized carbons (Fsp3) is 0.214. The lowest BCUT2D eigenvalue weighted by molar-refractivity contribution is 0.0607. The molecular formula is C14H13FO2S. The van der Waals surface area contributed by atoms with Gasteiger partial charge in [-0.25, -0.2) is 9.18 Å². The SMILES string of the molecule is COC(=O)c1scc(C)c1-c1cc(F)ccc1C. The molecule has 0 aliphatic heterocycles. The van der Waals surface area contributed by atoms with E-state index >= 15 is 0 Å². The summed E-state index contributed by atoms with van der Waals surface area (Å²) in [4.78, 5) is 12.2. The van der Waals surface area contributed by atoms with Crippen LogP contribution in [0.4, 0.5) is 4.39 Å². The van der Waals surface area contributed by atoms with Gasteiger partial charge in [0, 0.05) is 5.56 Å². The Labute approximate surface area is 109 Å². The van der Waals surface area contributed by atoms with Gasteiger partial charge in [0.15, 0.2) is 0 Å². The van der Waals surface area contributed by atoms with Gasteiger partial charge in [-0.15, -0.1) is 11.3 Å². The molecule has 0 N–H and O–H groups in total. The van der Waals surface area contributed by atoms with Gasteiger partial charge in [-0.1, -0.05) is 6.07 Å². The molecule has 18 heavy (non-hydrogen) atoms. The minimum absolute atomic E-state index is 0.308. The third kappa shape index (κ3) is 2.16. The Morgan fingerprint density at radius 1 is 1.28 bits per heavy atom. The molecule has 1 aromatic heterocycles. The second-order valence-electron chi connectivity index (χ2n) is 4.07. The molecule has 94 valence electrons. The van der Waals surface area contributed by atoms with Gasteiger partial charge >= 0.3 is 5.97 Å². The van der Waals surface area contributed by atoms with E-state index in [1.54, 1.807) is 6.07 Å². The zero-order valence-corrected chi connectivity index (χ0v) is 11.2. The van der Waals surface area contributed by atoms with Crippen molar-refractivity contribution in [2.75, 3.05) is 7.11 Å². The number of carbonyl (C=O) groups excluding carboxylic acids is 1. The molecule has 0 amide bonds. The fourth-order valence-electron chi connectivity index (χ4n) is 1.89. The van der Waals surface area contributed by atoms with Gasteiger partial charge in [-0.05, 0) is 48.1 Å². The predicted octanol–water partition coefficient (Wildman–Crippen LogP) is 3.96. The van der Waals surface area contributed by atoms with E-state index in [4.69, 9.17) is 4.74 Å². The topological polar surface area (TPSA) is 26.3 Å². The molecule has 0 saturated carbocycles. The van der Waals surface area contributed by atoms with E-state index in [2.05, 4.69) is 0 Å². The number of halogens is 1. The zero-order chi connectivity index (χ0) is 13.3. The standard InChI is InChI=1S/C14H13FO2S/c1-8-4-5-10(15)6-11(8)12-9(2)7-18-13(12)14(16)17-3/h4-7H,1-3H3. The third-order valence-electron chi connectivity index (χ3n) is 2.81.